The van der Waals surface area contributed by atoms with Gasteiger partial charge in [0.05, 0.1) is 0 Å². The average molecular weight is 226 g/mol. The number of rotatable bonds is 3. The van der Waals surface area contributed by atoms with Gasteiger partial charge in [0, 0.05) is 12.6 Å². The quantitative estimate of drug-likeness (QED) is 0.803. The first kappa shape index (κ1) is 10.4. The molecule has 0 bridgehead atoms. The van der Waals surface area contributed by atoms with Gasteiger partial charge in [-0.1, -0.05) is 18.5 Å². The average Bonchev–Trinajstić information content (AvgIpc) is 2.82. The van der Waals surface area contributed by atoms with Gasteiger partial charge in [-0.3, -0.25) is 10.1 Å². The third-order valence-electron chi connectivity index (χ3n) is 2.56. The molecule has 0 aromatic carbocycles. The van der Waals surface area contributed by atoms with Crippen molar-refractivity contribution < 1.29 is 4.79 Å². The molecule has 5 heteroatoms. The van der Waals surface area contributed by atoms with Gasteiger partial charge in [-0.25, -0.2) is 9.97 Å². The monoisotopic (exact) mass is 225 g/mol. The fourth-order valence-electron chi connectivity index (χ4n) is 1.34. The first-order chi connectivity index (χ1) is 7.07. The molecular formula is C10H12ClN3O. The number of anilines is 1. The second kappa shape index (κ2) is 3.77. The lowest BCUT2D eigenvalue weighted by molar-refractivity contribution is -0.117. The molecule has 0 saturated heterocycles. The number of amides is 1. The van der Waals surface area contributed by atoms with Gasteiger partial charge in [0.15, 0.2) is 0 Å². The molecule has 0 radical (unpaired) electrons. The normalized spacial score (nSPS) is 17.2. The maximum Gasteiger partial charge on any atom is 0.230 e. The summed E-state index contributed by atoms with van der Waals surface area (Å²) >= 11 is 5.67. The van der Waals surface area contributed by atoms with Gasteiger partial charge in [0.1, 0.15) is 5.15 Å². The maximum absolute atomic E-state index is 11.5. The van der Waals surface area contributed by atoms with Crippen molar-refractivity contribution in [2.24, 2.45) is 5.41 Å². The minimum atomic E-state index is -0.0442. The Hall–Kier alpha value is -1.16. The molecule has 0 unspecified atom stereocenters. The van der Waals surface area contributed by atoms with Crippen molar-refractivity contribution in [1.82, 2.24) is 9.97 Å². The molecule has 1 heterocycles. The van der Waals surface area contributed by atoms with Crippen LogP contribution in [0.3, 0.4) is 0 Å². The van der Waals surface area contributed by atoms with Gasteiger partial charge in [-0.15, -0.1) is 0 Å². The molecule has 0 aliphatic heterocycles. The van der Waals surface area contributed by atoms with E-state index in [1.807, 2.05) is 0 Å². The summed E-state index contributed by atoms with van der Waals surface area (Å²) in [6, 6.07) is 1.57. The second-order valence-corrected chi connectivity index (χ2v) is 4.63. The van der Waals surface area contributed by atoms with Crippen molar-refractivity contribution >= 4 is 23.5 Å². The first-order valence-corrected chi connectivity index (χ1v) is 5.24. The predicted molar refractivity (Wildman–Crippen MR) is 57.6 cm³/mol. The second-order valence-electron chi connectivity index (χ2n) is 4.24. The fraction of sp³-hybridized carbons (Fsp3) is 0.500. The smallest absolute Gasteiger partial charge is 0.230 e. The van der Waals surface area contributed by atoms with Crippen molar-refractivity contribution in [2.75, 3.05) is 5.32 Å². The van der Waals surface area contributed by atoms with Crippen LogP contribution in [0.25, 0.3) is 0 Å². The molecule has 1 aromatic rings. The first-order valence-electron chi connectivity index (χ1n) is 4.86. The topological polar surface area (TPSA) is 54.9 Å². The van der Waals surface area contributed by atoms with Crippen LogP contribution in [0, 0.1) is 5.41 Å². The number of aromatic nitrogens is 2. The number of nitrogens with one attached hydrogen (secondary N) is 1. The zero-order chi connectivity index (χ0) is 10.9. The molecule has 4 nitrogen and oxygen atoms in total. The van der Waals surface area contributed by atoms with Crippen LogP contribution in [-0.4, -0.2) is 15.9 Å². The minimum Gasteiger partial charge on any atom is -0.294 e. The lowest BCUT2D eigenvalue weighted by Crippen LogP contribution is -2.17. The Labute approximate surface area is 93.1 Å². The zero-order valence-corrected chi connectivity index (χ0v) is 9.21. The van der Waals surface area contributed by atoms with Crippen LogP contribution in [0.4, 0.5) is 5.95 Å². The summed E-state index contributed by atoms with van der Waals surface area (Å²) in [5.74, 6) is 0.231. The Morgan fingerprint density at radius 2 is 2.40 bits per heavy atom. The summed E-state index contributed by atoms with van der Waals surface area (Å²) in [6.45, 7) is 2.10. The Bertz CT molecular complexity index is 390. The van der Waals surface area contributed by atoms with E-state index in [2.05, 4.69) is 22.2 Å². The Kier molecular flexibility index (Phi) is 2.61. The highest BCUT2D eigenvalue weighted by Gasteiger charge is 2.39. The van der Waals surface area contributed by atoms with E-state index in [9.17, 15) is 4.79 Å². The predicted octanol–water partition coefficient (Wildman–Crippen LogP) is 2.26. The number of carbonyl (C=O) groups excluding carboxylic acids is 1. The number of hydrogen-bond acceptors (Lipinski definition) is 3. The Morgan fingerprint density at radius 1 is 1.67 bits per heavy atom. The SMILES string of the molecule is CC1(CC(=O)Nc2nccc(Cl)n2)CC1. The fourth-order valence-corrected chi connectivity index (χ4v) is 1.48. The van der Waals surface area contributed by atoms with Crippen LogP contribution >= 0.6 is 11.6 Å². The number of nitrogens with zero attached hydrogens (tertiary/aromatic N) is 2. The maximum atomic E-state index is 11.5. The van der Waals surface area contributed by atoms with Gasteiger partial charge < -0.3 is 0 Å². The molecule has 0 atom stereocenters. The number of halogens is 1. The van der Waals surface area contributed by atoms with Gasteiger partial charge >= 0.3 is 0 Å². The van der Waals surface area contributed by atoms with E-state index in [1.165, 1.54) is 6.20 Å². The molecule has 1 fully saturated rings. The molecule has 1 amide bonds. The summed E-state index contributed by atoms with van der Waals surface area (Å²) in [7, 11) is 0. The minimum absolute atomic E-state index is 0.0442. The Morgan fingerprint density at radius 3 is 3.00 bits per heavy atom. The molecule has 0 spiro atoms. The zero-order valence-electron chi connectivity index (χ0n) is 8.46. The van der Waals surface area contributed by atoms with Crippen LogP contribution in [-0.2, 0) is 4.79 Å². The van der Waals surface area contributed by atoms with Crippen LogP contribution in [0.2, 0.25) is 5.15 Å². The van der Waals surface area contributed by atoms with E-state index in [0.29, 0.717) is 11.6 Å². The summed E-state index contributed by atoms with van der Waals surface area (Å²) in [5.41, 5.74) is 0.197. The highest BCUT2D eigenvalue weighted by Crippen LogP contribution is 2.48. The van der Waals surface area contributed by atoms with Crippen LogP contribution in [0.1, 0.15) is 26.2 Å². The van der Waals surface area contributed by atoms with Crippen molar-refractivity contribution in [3.05, 3.63) is 17.4 Å². The standard InChI is InChI=1S/C10H12ClN3O/c1-10(3-4-10)6-8(15)14-9-12-5-2-7(11)13-9/h2,5H,3-4,6H2,1H3,(H,12,13,14,15). The van der Waals surface area contributed by atoms with E-state index >= 15 is 0 Å². The van der Waals surface area contributed by atoms with E-state index in [-0.39, 0.29) is 17.3 Å². The number of hydrogen-bond donors (Lipinski definition) is 1. The highest BCUT2D eigenvalue weighted by atomic mass is 35.5. The molecule has 1 saturated carbocycles. The molecule has 1 aromatic heterocycles. The largest absolute Gasteiger partial charge is 0.294 e. The molecule has 1 aliphatic carbocycles. The van der Waals surface area contributed by atoms with E-state index in [0.717, 1.165) is 12.8 Å². The Balaban J connectivity index is 1.93. The van der Waals surface area contributed by atoms with Crippen molar-refractivity contribution in [1.29, 1.82) is 0 Å². The van der Waals surface area contributed by atoms with Gasteiger partial charge in [-0.2, -0.15) is 0 Å². The molecule has 1 N–H and O–H groups in total. The third kappa shape index (κ3) is 2.89. The summed E-state index contributed by atoms with van der Waals surface area (Å²) in [4.78, 5) is 19.3. The summed E-state index contributed by atoms with van der Waals surface area (Å²) < 4.78 is 0. The molecule has 2 rings (SSSR count). The molecule has 1 aliphatic rings. The van der Waals surface area contributed by atoms with Gasteiger partial charge in [0.2, 0.25) is 11.9 Å². The highest BCUT2D eigenvalue weighted by molar-refractivity contribution is 6.29. The van der Waals surface area contributed by atoms with Crippen LogP contribution < -0.4 is 5.32 Å². The van der Waals surface area contributed by atoms with Crippen LogP contribution in [0.5, 0.6) is 0 Å². The third-order valence-corrected chi connectivity index (χ3v) is 2.77. The summed E-state index contributed by atoms with van der Waals surface area (Å²) in [6.07, 6.45) is 4.29. The summed E-state index contributed by atoms with van der Waals surface area (Å²) in [5, 5.41) is 2.97. The van der Waals surface area contributed by atoms with Crippen LogP contribution in [0.15, 0.2) is 12.3 Å². The van der Waals surface area contributed by atoms with Crippen molar-refractivity contribution in [3.8, 4) is 0 Å². The molecular weight excluding hydrogens is 214 g/mol. The molecule has 80 valence electrons. The van der Waals surface area contributed by atoms with E-state index in [4.69, 9.17) is 11.6 Å². The molecule has 15 heavy (non-hydrogen) atoms. The van der Waals surface area contributed by atoms with Gasteiger partial charge in [-0.05, 0) is 24.3 Å². The lowest BCUT2D eigenvalue weighted by atomic mass is 10.1. The van der Waals surface area contributed by atoms with Crippen molar-refractivity contribution in [3.63, 3.8) is 0 Å². The van der Waals surface area contributed by atoms with Gasteiger partial charge in [0.25, 0.3) is 0 Å². The lowest BCUT2D eigenvalue weighted by Gasteiger charge is -2.07. The van der Waals surface area contributed by atoms with Crippen molar-refractivity contribution in [2.45, 2.75) is 26.2 Å². The van der Waals surface area contributed by atoms with E-state index in [1.54, 1.807) is 6.07 Å². The van der Waals surface area contributed by atoms with E-state index < -0.39 is 0 Å². The number of carbonyl (C=O) groups is 1.